The van der Waals surface area contributed by atoms with Crippen molar-refractivity contribution in [3.63, 3.8) is 0 Å². The first-order valence-corrected chi connectivity index (χ1v) is 7.08. The van der Waals surface area contributed by atoms with Gasteiger partial charge in [-0.2, -0.15) is 0 Å². The summed E-state index contributed by atoms with van der Waals surface area (Å²) in [5.74, 6) is 0.00389. The normalized spacial score (nSPS) is 16.5. The zero-order valence-electron chi connectivity index (χ0n) is 10.5. The number of nitrogen functional groups attached to an aromatic ring is 1. The molecular weight excluding hydrogens is 262 g/mol. The van der Waals surface area contributed by atoms with Gasteiger partial charge in [-0.25, -0.2) is 0 Å². The molecule has 1 fully saturated rings. The van der Waals surface area contributed by atoms with Gasteiger partial charge < -0.3 is 15.4 Å². The molecule has 2 N–H and O–H groups in total. The van der Waals surface area contributed by atoms with Crippen LogP contribution in [0.1, 0.15) is 16.1 Å². The minimum atomic E-state index is 0.00389. The second-order valence-electron chi connectivity index (χ2n) is 4.47. The molecule has 5 nitrogen and oxygen atoms in total. The maximum atomic E-state index is 12.5. The van der Waals surface area contributed by atoms with Gasteiger partial charge in [0.1, 0.15) is 4.88 Å². The Morgan fingerprint density at radius 1 is 1.42 bits per heavy atom. The van der Waals surface area contributed by atoms with Crippen LogP contribution in [-0.4, -0.2) is 42.1 Å². The number of rotatable bonds is 1. The van der Waals surface area contributed by atoms with Gasteiger partial charge in [0.2, 0.25) is 0 Å². The first kappa shape index (κ1) is 12.4. The van der Waals surface area contributed by atoms with Crippen molar-refractivity contribution < 1.29 is 9.53 Å². The highest BCUT2D eigenvalue weighted by Gasteiger charge is 2.22. The number of aromatic nitrogens is 1. The summed E-state index contributed by atoms with van der Waals surface area (Å²) in [5.41, 5.74) is 6.66. The van der Waals surface area contributed by atoms with Crippen LogP contribution in [0.4, 0.5) is 5.69 Å². The molecule has 2 aromatic rings. The topological polar surface area (TPSA) is 68.5 Å². The lowest BCUT2D eigenvalue weighted by Gasteiger charge is -2.18. The fraction of sp³-hybridized carbons (Fsp3) is 0.385. The Kier molecular flexibility index (Phi) is 3.35. The van der Waals surface area contributed by atoms with Crippen molar-refractivity contribution in [1.29, 1.82) is 0 Å². The third-order valence-corrected chi connectivity index (χ3v) is 4.38. The van der Waals surface area contributed by atoms with E-state index in [0.29, 0.717) is 23.7 Å². The quantitative estimate of drug-likeness (QED) is 0.862. The van der Waals surface area contributed by atoms with E-state index >= 15 is 0 Å². The van der Waals surface area contributed by atoms with Crippen LogP contribution < -0.4 is 5.73 Å². The van der Waals surface area contributed by atoms with E-state index in [2.05, 4.69) is 4.98 Å². The third kappa shape index (κ3) is 2.29. The van der Waals surface area contributed by atoms with Crippen LogP contribution >= 0.6 is 11.3 Å². The van der Waals surface area contributed by atoms with Crippen molar-refractivity contribution in [3.05, 3.63) is 23.3 Å². The van der Waals surface area contributed by atoms with Crippen LogP contribution in [0.25, 0.3) is 10.1 Å². The summed E-state index contributed by atoms with van der Waals surface area (Å²) < 4.78 is 6.32. The Hall–Kier alpha value is -1.66. The molecule has 0 aliphatic carbocycles. The number of thiophene rings is 1. The van der Waals surface area contributed by atoms with Crippen molar-refractivity contribution in [1.82, 2.24) is 9.88 Å². The molecule has 100 valence electrons. The fourth-order valence-corrected chi connectivity index (χ4v) is 3.28. The van der Waals surface area contributed by atoms with Crippen molar-refractivity contribution in [2.75, 3.05) is 32.0 Å². The molecule has 0 radical (unpaired) electrons. The molecule has 19 heavy (non-hydrogen) atoms. The molecule has 0 bridgehead atoms. The van der Waals surface area contributed by atoms with Gasteiger partial charge in [-0.1, -0.05) is 0 Å². The predicted molar refractivity (Wildman–Crippen MR) is 75.4 cm³/mol. The average Bonchev–Trinajstić information content (AvgIpc) is 2.64. The van der Waals surface area contributed by atoms with Crippen LogP contribution in [-0.2, 0) is 4.74 Å². The molecule has 2 aromatic heterocycles. The molecule has 3 rings (SSSR count). The zero-order chi connectivity index (χ0) is 13.2. The summed E-state index contributed by atoms with van der Waals surface area (Å²) in [4.78, 5) is 19.0. The maximum absolute atomic E-state index is 12.5. The number of carbonyl (C=O) groups is 1. The predicted octanol–water partition coefficient (Wildman–Crippen LogP) is 1.74. The van der Waals surface area contributed by atoms with E-state index in [1.165, 1.54) is 11.3 Å². The summed E-state index contributed by atoms with van der Waals surface area (Å²) in [5, 5.41) is 0.912. The van der Waals surface area contributed by atoms with Gasteiger partial charge >= 0.3 is 0 Å². The number of nitrogens with zero attached hydrogens (tertiary/aromatic N) is 2. The van der Waals surface area contributed by atoms with E-state index in [-0.39, 0.29) is 5.91 Å². The molecule has 1 amide bonds. The van der Waals surface area contributed by atoms with Crippen LogP contribution in [0.3, 0.4) is 0 Å². The smallest absolute Gasteiger partial charge is 0.266 e. The van der Waals surface area contributed by atoms with Gasteiger partial charge in [-0.05, 0) is 12.5 Å². The fourth-order valence-electron chi connectivity index (χ4n) is 2.22. The van der Waals surface area contributed by atoms with E-state index < -0.39 is 0 Å². The minimum Gasteiger partial charge on any atom is -0.397 e. The van der Waals surface area contributed by atoms with Gasteiger partial charge in [0, 0.05) is 37.5 Å². The lowest BCUT2D eigenvalue weighted by atomic mass is 10.2. The summed E-state index contributed by atoms with van der Waals surface area (Å²) in [6, 6.07) is 1.85. The SMILES string of the molecule is Nc1c(C(=O)N2CCCOCC2)sc2cnccc12. The van der Waals surface area contributed by atoms with E-state index in [0.717, 1.165) is 29.7 Å². The summed E-state index contributed by atoms with van der Waals surface area (Å²) in [6.45, 7) is 2.67. The van der Waals surface area contributed by atoms with E-state index in [1.807, 2.05) is 11.0 Å². The van der Waals surface area contributed by atoms with Crippen molar-refractivity contribution in [2.45, 2.75) is 6.42 Å². The second kappa shape index (κ2) is 5.14. The van der Waals surface area contributed by atoms with E-state index in [4.69, 9.17) is 10.5 Å². The third-order valence-electron chi connectivity index (χ3n) is 3.24. The number of anilines is 1. The molecule has 1 aliphatic rings. The monoisotopic (exact) mass is 277 g/mol. The number of amides is 1. The standard InChI is InChI=1S/C13H15N3O2S/c14-11-9-2-3-15-8-10(9)19-12(11)13(17)16-4-1-6-18-7-5-16/h2-3,8H,1,4-7,14H2. The van der Waals surface area contributed by atoms with Crippen LogP contribution in [0.2, 0.25) is 0 Å². The van der Waals surface area contributed by atoms with Gasteiger partial charge in [0.05, 0.1) is 17.0 Å². The van der Waals surface area contributed by atoms with E-state index in [9.17, 15) is 4.79 Å². The van der Waals surface area contributed by atoms with Crippen molar-refractivity contribution in [3.8, 4) is 0 Å². The van der Waals surface area contributed by atoms with Gasteiger partial charge in [-0.3, -0.25) is 9.78 Å². The molecule has 3 heterocycles. The van der Waals surface area contributed by atoms with Gasteiger partial charge in [-0.15, -0.1) is 11.3 Å². The Balaban J connectivity index is 1.94. The molecule has 6 heteroatoms. The largest absolute Gasteiger partial charge is 0.397 e. The molecule has 0 aromatic carbocycles. The highest BCUT2D eigenvalue weighted by atomic mass is 32.1. The number of carbonyl (C=O) groups excluding carboxylic acids is 1. The molecule has 0 atom stereocenters. The Bertz CT molecular complexity index is 603. The Morgan fingerprint density at radius 2 is 2.32 bits per heavy atom. The Labute approximate surface area is 115 Å². The molecule has 0 saturated carbocycles. The van der Waals surface area contributed by atoms with Crippen molar-refractivity contribution >= 4 is 33.0 Å². The lowest BCUT2D eigenvalue weighted by Crippen LogP contribution is -2.33. The highest BCUT2D eigenvalue weighted by Crippen LogP contribution is 2.33. The van der Waals surface area contributed by atoms with Crippen molar-refractivity contribution in [2.24, 2.45) is 0 Å². The highest BCUT2D eigenvalue weighted by molar-refractivity contribution is 7.21. The van der Waals surface area contributed by atoms with Gasteiger partial charge in [0.25, 0.3) is 5.91 Å². The molecule has 1 aliphatic heterocycles. The first-order valence-electron chi connectivity index (χ1n) is 6.26. The van der Waals surface area contributed by atoms with Crippen LogP contribution in [0, 0.1) is 0 Å². The summed E-state index contributed by atoms with van der Waals surface area (Å²) in [6.07, 6.45) is 4.32. The lowest BCUT2D eigenvalue weighted by molar-refractivity contribution is 0.0747. The zero-order valence-corrected chi connectivity index (χ0v) is 11.3. The molecule has 0 spiro atoms. The molecule has 1 saturated heterocycles. The minimum absolute atomic E-state index is 0.00389. The Morgan fingerprint density at radius 3 is 3.16 bits per heavy atom. The van der Waals surface area contributed by atoms with Crippen LogP contribution in [0.15, 0.2) is 18.5 Å². The maximum Gasteiger partial charge on any atom is 0.266 e. The number of hydrogen-bond acceptors (Lipinski definition) is 5. The molecule has 0 unspecified atom stereocenters. The molecular formula is C13H15N3O2S. The number of hydrogen-bond donors (Lipinski definition) is 1. The van der Waals surface area contributed by atoms with Crippen LogP contribution in [0.5, 0.6) is 0 Å². The van der Waals surface area contributed by atoms with E-state index in [1.54, 1.807) is 12.4 Å². The number of nitrogens with two attached hydrogens (primary N) is 1. The number of fused-ring (bicyclic) bond motifs is 1. The first-order chi connectivity index (χ1) is 9.27. The number of pyridine rings is 1. The average molecular weight is 277 g/mol. The second-order valence-corrected chi connectivity index (χ2v) is 5.53. The summed E-state index contributed by atoms with van der Waals surface area (Å²) in [7, 11) is 0. The summed E-state index contributed by atoms with van der Waals surface area (Å²) >= 11 is 1.41. The van der Waals surface area contributed by atoms with Gasteiger partial charge in [0.15, 0.2) is 0 Å². The number of ether oxygens (including phenoxy) is 1.